The van der Waals surface area contributed by atoms with E-state index in [0.717, 1.165) is 19.5 Å². The van der Waals surface area contributed by atoms with Crippen molar-refractivity contribution in [2.75, 3.05) is 20.1 Å². The number of likely N-dealkylation sites (N-methyl/N-ethyl adjacent to an activating group) is 1. The molecule has 2 amide bonds. The highest BCUT2D eigenvalue weighted by molar-refractivity contribution is 5.71. The second kappa shape index (κ2) is 2.88. The van der Waals surface area contributed by atoms with Crippen LogP contribution in [0.3, 0.4) is 0 Å². The summed E-state index contributed by atoms with van der Waals surface area (Å²) in [6.07, 6.45) is 0.973. The second-order valence-electron chi connectivity index (χ2n) is 2.72. The molecule has 1 heterocycles. The number of likely N-dealkylation sites (tertiary alicyclic amines) is 1. The molecule has 1 unspecified atom stereocenters. The van der Waals surface area contributed by atoms with Gasteiger partial charge in [0.05, 0.1) is 0 Å². The Labute approximate surface area is 60.4 Å². The zero-order valence-electron chi connectivity index (χ0n) is 6.05. The first-order chi connectivity index (χ1) is 4.68. The van der Waals surface area contributed by atoms with Crippen LogP contribution in [0.1, 0.15) is 6.42 Å². The summed E-state index contributed by atoms with van der Waals surface area (Å²) in [5.74, 6) is 0. The molecule has 1 aliphatic rings. The number of carbonyl (C=O) groups excluding carboxylic acids is 1. The maximum Gasteiger partial charge on any atom is 0.333 e. The zero-order valence-corrected chi connectivity index (χ0v) is 6.05. The lowest BCUT2D eigenvalue weighted by atomic mass is 10.3. The molecule has 0 bridgehead atoms. The van der Waals surface area contributed by atoms with Gasteiger partial charge in [-0.3, -0.25) is 0 Å². The van der Waals surface area contributed by atoms with E-state index in [4.69, 9.17) is 5.73 Å². The van der Waals surface area contributed by atoms with Gasteiger partial charge in [0, 0.05) is 12.6 Å². The van der Waals surface area contributed by atoms with Crippen LogP contribution in [-0.4, -0.2) is 37.1 Å². The standard InChI is InChI=1S/C6H12N3O/c1-9-3-2-5(4-9)8-6(7)10/h5,7H,2-4H2,1H3,(H,8,10). The van der Waals surface area contributed by atoms with Gasteiger partial charge in [-0.05, 0) is 20.0 Å². The minimum absolute atomic E-state index is 0.204. The lowest BCUT2D eigenvalue weighted by molar-refractivity contribution is 0.244. The number of amides is 2. The van der Waals surface area contributed by atoms with E-state index in [2.05, 4.69) is 10.2 Å². The molecule has 1 saturated heterocycles. The van der Waals surface area contributed by atoms with Crippen LogP contribution in [0.4, 0.5) is 4.79 Å². The summed E-state index contributed by atoms with van der Waals surface area (Å²) in [5.41, 5.74) is 6.64. The average molecular weight is 142 g/mol. The summed E-state index contributed by atoms with van der Waals surface area (Å²) in [6, 6.07) is -0.463. The van der Waals surface area contributed by atoms with Crippen molar-refractivity contribution in [3.05, 3.63) is 0 Å². The van der Waals surface area contributed by atoms with E-state index in [9.17, 15) is 4.79 Å². The highest BCUT2D eigenvalue weighted by Gasteiger charge is 2.19. The van der Waals surface area contributed by atoms with Crippen molar-refractivity contribution in [2.24, 2.45) is 0 Å². The van der Waals surface area contributed by atoms with E-state index >= 15 is 0 Å². The Bertz CT molecular complexity index is 137. The molecule has 1 fully saturated rings. The Hall–Kier alpha value is -0.770. The highest BCUT2D eigenvalue weighted by Crippen LogP contribution is 2.04. The van der Waals surface area contributed by atoms with E-state index in [-0.39, 0.29) is 6.04 Å². The van der Waals surface area contributed by atoms with Crippen LogP contribution in [0.15, 0.2) is 0 Å². The maximum absolute atomic E-state index is 10.2. The summed E-state index contributed by atoms with van der Waals surface area (Å²) in [6.45, 7) is 1.90. The van der Waals surface area contributed by atoms with Gasteiger partial charge < -0.3 is 10.2 Å². The normalized spacial score (nSPS) is 26.7. The van der Waals surface area contributed by atoms with E-state index < -0.39 is 6.03 Å². The second-order valence-corrected chi connectivity index (χ2v) is 2.72. The lowest BCUT2D eigenvalue weighted by Gasteiger charge is -2.09. The van der Waals surface area contributed by atoms with Crippen LogP contribution >= 0.6 is 0 Å². The molecule has 4 nitrogen and oxygen atoms in total. The molecule has 10 heavy (non-hydrogen) atoms. The Morgan fingerprint density at radius 3 is 2.90 bits per heavy atom. The Kier molecular flexibility index (Phi) is 2.11. The summed E-state index contributed by atoms with van der Waals surface area (Å²) < 4.78 is 0. The van der Waals surface area contributed by atoms with Crippen molar-refractivity contribution in [2.45, 2.75) is 12.5 Å². The molecule has 1 aliphatic heterocycles. The Balaban J connectivity index is 2.24. The molecule has 4 heteroatoms. The Morgan fingerprint density at radius 2 is 2.50 bits per heavy atom. The van der Waals surface area contributed by atoms with Gasteiger partial charge in [-0.25, -0.2) is 10.5 Å². The molecular weight excluding hydrogens is 130 g/mol. The molecule has 2 N–H and O–H groups in total. The predicted molar refractivity (Wildman–Crippen MR) is 37.5 cm³/mol. The number of nitrogens with zero attached hydrogens (tertiary/aromatic N) is 1. The fraction of sp³-hybridized carbons (Fsp3) is 0.833. The van der Waals surface area contributed by atoms with Gasteiger partial charge in [0.15, 0.2) is 0 Å². The third-order valence-corrected chi connectivity index (χ3v) is 1.73. The van der Waals surface area contributed by atoms with Gasteiger partial charge in [0.25, 0.3) is 0 Å². The van der Waals surface area contributed by atoms with Gasteiger partial charge >= 0.3 is 6.03 Å². The Morgan fingerprint density at radius 1 is 1.80 bits per heavy atom. The van der Waals surface area contributed by atoms with Gasteiger partial charge in [0.1, 0.15) is 0 Å². The summed E-state index contributed by atoms with van der Waals surface area (Å²) in [5, 5.41) is 2.56. The van der Waals surface area contributed by atoms with Gasteiger partial charge in [-0.15, -0.1) is 0 Å². The molecule has 0 aromatic rings. The number of hydrogen-bond donors (Lipinski definition) is 1. The predicted octanol–water partition coefficient (Wildman–Crippen LogP) is -0.317. The minimum Gasteiger partial charge on any atom is -0.333 e. The monoisotopic (exact) mass is 142 g/mol. The van der Waals surface area contributed by atoms with Crippen LogP contribution < -0.4 is 11.1 Å². The molecule has 1 atom stereocenters. The molecule has 0 spiro atoms. The third-order valence-electron chi connectivity index (χ3n) is 1.73. The number of carbonyl (C=O) groups is 1. The molecule has 0 aromatic carbocycles. The summed E-state index contributed by atoms with van der Waals surface area (Å²) in [4.78, 5) is 12.4. The molecular formula is C6H12N3O. The van der Waals surface area contributed by atoms with Crippen molar-refractivity contribution in [1.29, 1.82) is 0 Å². The van der Waals surface area contributed by atoms with Crippen molar-refractivity contribution >= 4 is 6.03 Å². The number of rotatable bonds is 1. The lowest BCUT2D eigenvalue weighted by Crippen LogP contribution is -2.36. The average Bonchev–Trinajstić information content (AvgIpc) is 2.13. The van der Waals surface area contributed by atoms with Crippen molar-refractivity contribution in [3.8, 4) is 0 Å². The highest BCUT2D eigenvalue weighted by atomic mass is 16.2. The fourth-order valence-electron chi connectivity index (χ4n) is 1.24. The van der Waals surface area contributed by atoms with E-state index in [1.807, 2.05) is 7.05 Å². The van der Waals surface area contributed by atoms with Crippen LogP contribution in [0, 0.1) is 0 Å². The minimum atomic E-state index is -0.666. The molecule has 0 aliphatic carbocycles. The molecule has 0 aromatic heterocycles. The van der Waals surface area contributed by atoms with Gasteiger partial charge in [0.2, 0.25) is 0 Å². The van der Waals surface area contributed by atoms with E-state index in [1.54, 1.807) is 0 Å². The van der Waals surface area contributed by atoms with Gasteiger partial charge in [-0.1, -0.05) is 0 Å². The van der Waals surface area contributed by atoms with Crippen LogP contribution in [0.5, 0.6) is 0 Å². The summed E-state index contributed by atoms with van der Waals surface area (Å²) in [7, 11) is 2.01. The first-order valence-electron chi connectivity index (χ1n) is 3.39. The summed E-state index contributed by atoms with van der Waals surface area (Å²) >= 11 is 0. The number of nitrogens with one attached hydrogen (secondary N) is 2. The first-order valence-corrected chi connectivity index (χ1v) is 3.39. The third kappa shape index (κ3) is 1.88. The molecule has 1 radical (unpaired) electrons. The molecule has 57 valence electrons. The van der Waals surface area contributed by atoms with Crippen LogP contribution in [0.2, 0.25) is 0 Å². The topological polar surface area (TPSA) is 56.1 Å². The largest absolute Gasteiger partial charge is 0.333 e. The van der Waals surface area contributed by atoms with Crippen molar-refractivity contribution in [1.82, 2.24) is 16.0 Å². The van der Waals surface area contributed by atoms with Crippen LogP contribution in [0.25, 0.3) is 0 Å². The number of hydrogen-bond acceptors (Lipinski definition) is 2. The van der Waals surface area contributed by atoms with E-state index in [1.165, 1.54) is 0 Å². The van der Waals surface area contributed by atoms with Crippen LogP contribution in [-0.2, 0) is 0 Å². The molecule has 1 rings (SSSR count). The smallest absolute Gasteiger partial charge is 0.333 e. The maximum atomic E-state index is 10.2. The van der Waals surface area contributed by atoms with E-state index in [0.29, 0.717) is 0 Å². The van der Waals surface area contributed by atoms with Crippen molar-refractivity contribution in [3.63, 3.8) is 0 Å². The SMILES string of the molecule is CN1CCC(NC([NH])=O)C1. The molecule has 0 saturated carbocycles. The number of urea groups is 1. The zero-order chi connectivity index (χ0) is 7.56. The van der Waals surface area contributed by atoms with Gasteiger partial charge in [-0.2, -0.15) is 0 Å². The fourth-order valence-corrected chi connectivity index (χ4v) is 1.24. The first kappa shape index (κ1) is 7.34. The quantitative estimate of drug-likeness (QED) is 0.545. The van der Waals surface area contributed by atoms with Crippen molar-refractivity contribution < 1.29 is 4.79 Å².